The average Bonchev–Trinajstić information content (AvgIpc) is 3.12. The van der Waals surface area contributed by atoms with Gasteiger partial charge < -0.3 is 33.9 Å². The van der Waals surface area contributed by atoms with E-state index in [1.54, 1.807) is 35.5 Å². The molecule has 3 aromatic rings. The van der Waals surface area contributed by atoms with Gasteiger partial charge in [0.15, 0.2) is 23.0 Å². The van der Waals surface area contributed by atoms with Crippen LogP contribution in [0.2, 0.25) is 0 Å². The molecule has 3 aliphatic rings. The van der Waals surface area contributed by atoms with Gasteiger partial charge in [-0.1, -0.05) is 25.5 Å². The fourth-order valence-electron chi connectivity index (χ4n) is 8.09. The number of amides is 2. The second kappa shape index (κ2) is 14.3. The lowest BCUT2D eigenvalue weighted by Gasteiger charge is -2.49. The van der Waals surface area contributed by atoms with Crippen LogP contribution in [-0.4, -0.2) is 71.0 Å². The molecule has 0 spiro atoms. The van der Waals surface area contributed by atoms with Gasteiger partial charge in [-0.15, -0.1) is 0 Å². The summed E-state index contributed by atoms with van der Waals surface area (Å²) in [5, 5.41) is 3.22. The molecule has 3 aromatic carbocycles. The molecule has 252 valence electrons. The van der Waals surface area contributed by atoms with Crippen LogP contribution in [-0.2, 0) is 19.4 Å². The van der Waals surface area contributed by atoms with E-state index in [9.17, 15) is 4.79 Å². The zero-order valence-electron chi connectivity index (χ0n) is 28.6. The van der Waals surface area contributed by atoms with Crippen molar-refractivity contribution in [1.82, 2.24) is 15.1 Å². The van der Waals surface area contributed by atoms with E-state index in [4.69, 9.17) is 23.7 Å². The number of urea groups is 1. The Labute approximate surface area is 279 Å². The maximum absolute atomic E-state index is 14.0. The van der Waals surface area contributed by atoms with Crippen LogP contribution in [0.15, 0.2) is 48.5 Å². The van der Waals surface area contributed by atoms with E-state index in [-0.39, 0.29) is 12.1 Å². The van der Waals surface area contributed by atoms with Crippen LogP contribution in [0.1, 0.15) is 66.1 Å². The predicted octanol–water partition coefficient (Wildman–Crippen LogP) is 6.57. The number of carbonyl (C=O) groups is 1. The lowest BCUT2D eigenvalue weighted by atomic mass is 9.72. The zero-order valence-corrected chi connectivity index (χ0v) is 28.6. The van der Waals surface area contributed by atoms with Crippen LogP contribution in [0, 0.1) is 11.8 Å². The van der Waals surface area contributed by atoms with Crippen molar-refractivity contribution >= 4 is 6.03 Å². The topological polar surface area (TPSA) is 81.7 Å². The van der Waals surface area contributed by atoms with Crippen LogP contribution < -0.4 is 29.0 Å². The number of carbonyl (C=O) groups excluding carboxylic acids is 1. The van der Waals surface area contributed by atoms with E-state index in [1.165, 1.54) is 16.7 Å². The van der Waals surface area contributed by atoms with E-state index in [0.29, 0.717) is 36.7 Å². The molecule has 1 fully saturated rings. The van der Waals surface area contributed by atoms with Crippen molar-refractivity contribution in [2.24, 2.45) is 11.8 Å². The Bertz CT molecular complexity index is 1560. The Morgan fingerprint density at radius 2 is 1.36 bits per heavy atom. The molecule has 9 heteroatoms. The first kappa shape index (κ1) is 32.8. The highest BCUT2D eigenvalue weighted by molar-refractivity contribution is 5.75. The number of fused-ring (bicyclic) bond motifs is 4. The average molecular weight is 644 g/mol. The first-order valence-electron chi connectivity index (χ1n) is 16.8. The molecule has 2 amide bonds. The second-order valence-electron chi connectivity index (χ2n) is 12.9. The van der Waals surface area contributed by atoms with E-state index in [1.807, 2.05) is 24.3 Å². The quantitative estimate of drug-likeness (QED) is 0.268. The van der Waals surface area contributed by atoms with Gasteiger partial charge in [-0.05, 0) is 102 Å². The van der Waals surface area contributed by atoms with Gasteiger partial charge in [-0.3, -0.25) is 4.90 Å². The van der Waals surface area contributed by atoms with Crippen LogP contribution in [0.5, 0.6) is 28.7 Å². The SMILES string of the molecule is CC[C@H]1CN2CCc3cc(OC)c(OC)cc3[C@@H]2C[C@@H]1C[C@@H]1c2cc(OC)c(OC)cc2CCN1C(=O)NCc1ccc(OC)cc1. The first-order valence-corrected chi connectivity index (χ1v) is 16.8. The normalized spacial score (nSPS) is 22.0. The molecule has 0 unspecified atom stereocenters. The number of hydrogen-bond acceptors (Lipinski definition) is 7. The Morgan fingerprint density at radius 3 is 1.98 bits per heavy atom. The molecule has 0 saturated carbocycles. The first-order chi connectivity index (χ1) is 22.9. The van der Waals surface area contributed by atoms with Crippen LogP contribution in [0.25, 0.3) is 0 Å². The maximum atomic E-state index is 14.0. The van der Waals surface area contributed by atoms with Crippen molar-refractivity contribution in [2.45, 2.75) is 57.7 Å². The predicted molar refractivity (Wildman–Crippen MR) is 182 cm³/mol. The molecule has 0 bridgehead atoms. The summed E-state index contributed by atoms with van der Waals surface area (Å²) >= 11 is 0. The molecular formula is C38H49N3O6. The van der Waals surface area contributed by atoms with E-state index >= 15 is 0 Å². The smallest absolute Gasteiger partial charge is 0.318 e. The number of hydrogen-bond donors (Lipinski definition) is 1. The van der Waals surface area contributed by atoms with Gasteiger partial charge in [0.25, 0.3) is 0 Å². The van der Waals surface area contributed by atoms with Crippen LogP contribution in [0.4, 0.5) is 4.79 Å². The van der Waals surface area contributed by atoms with E-state index in [0.717, 1.165) is 79.3 Å². The minimum atomic E-state index is -0.0894. The summed E-state index contributed by atoms with van der Waals surface area (Å²) in [4.78, 5) is 18.7. The number of nitrogens with one attached hydrogen (secondary N) is 1. The third-order valence-electron chi connectivity index (χ3n) is 10.7. The minimum Gasteiger partial charge on any atom is -0.497 e. The molecule has 6 rings (SSSR count). The van der Waals surface area contributed by atoms with Gasteiger partial charge in [0, 0.05) is 32.2 Å². The molecular weight excluding hydrogens is 594 g/mol. The number of methoxy groups -OCH3 is 5. The van der Waals surface area contributed by atoms with Crippen molar-refractivity contribution in [3.63, 3.8) is 0 Å². The summed E-state index contributed by atoms with van der Waals surface area (Å²) in [5.41, 5.74) is 6.09. The summed E-state index contributed by atoms with van der Waals surface area (Å²) in [6.45, 7) is 5.49. The summed E-state index contributed by atoms with van der Waals surface area (Å²) in [6, 6.07) is 16.6. The van der Waals surface area contributed by atoms with E-state index < -0.39 is 0 Å². The Hall–Kier alpha value is -4.11. The molecule has 1 saturated heterocycles. The lowest BCUT2D eigenvalue weighted by Crippen LogP contribution is -2.49. The van der Waals surface area contributed by atoms with Gasteiger partial charge in [0.2, 0.25) is 0 Å². The second-order valence-corrected chi connectivity index (χ2v) is 12.9. The van der Waals surface area contributed by atoms with Crippen molar-refractivity contribution in [3.8, 4) is 28.7 Å². The Morgan fingerprint density at radius 1 is 0.766 bits per heavy atom. The summed E-state index contributed by atoms with van der Waals surface area (Å²) in [7, 11) is 8.42. The third-order valence-corrected chi connectivity index (χ3v) is 10.7. The van der Waals surface area contributed by atoms with Gasteiger partial charge in [0.05, 0.1) is 41.6 Å². The van der Waals surface area contributed by atoms with Crippen molar-refractivity contribution in [1.29, 1.82) is 0 Å². The minimum absolute atomic E-state index is 0.0448. The molecule has 4 atom stereocenters. The van der Waals surface area contributed by atoms with Gasteiger partial charge in [-0.25, -0.2) is 4.79 Å². The van der Waals surface area contributed by atoms with Gasteiger partial charge in [0.1, 0.15) is 5.75 Å². The molecule has 1 N–H and O–H groups in total. The highest BCUT2D eigenvalue weighted by Gasteiger charge is 2.42. The Kier molecular flexibility index (Phi) is 10.0. The number of rotatable bonds is 10. The zero-order chi connectivity index (χ0) is 33.1. The largest absolute Gasteiger partial charge is 0.497 e. The highest BCUT2D eigenvalue weighted by atomic mass is 16.5. The van der Waals surface area contributed by atoms with E-state index in [2.05, 4.69) is 46.3 Å². The molecule has 47 heavy (non-hydrogen) atoms. The number of benzene rings is 3. The summed E-state index contributed by atoms with van der Waals surface area (Å²) in [6.07, 6.45) is 4.77. The summed E-state index contributed by atoms with van der Waals surface area (Å²) in [5.74, 6) is 4.74. The lowest BCUT2D eigenvalue weighted by molar-refractivity contribution is 0.0350. The standard InChI is InChI=1S/C38H49N3O6/c1-7-25-23-40-14-12-26-18-34(44-3)36(46-5)20-30(26)32(40)16-28(25)17-33-31-21-37(47-6)35(45-4)19-27(31)13-15-41(33)38(42)39-22-24-8-10-29(43-2)11-9-24/h8-11,18-21,25,28,32-33H,7,12-17,22-23H2,1-6H3,(H,39,42)/t25-,28+,32-,33+/m0/s1. The van der Waals surface area contributed by atoms with Crippen molar-refractivity contribution < 1.29 is 28.5 Å². The number of nitrogens with zero attached hydrogens (tertiary/aromatic N) is 2. The van der Waals surface area contributed by atoms with Crippen LogP contribution in [0.3, 0.4) is 0 Å². The fraction of sp³-hybridized carbons (Fsp3) is 0.500. The molecule has 3 aliphatic heterocycles. The molecule has 0 aromatic heterocycles. The van der Waals surface area contributed by atoms with Crippen LogP contribution >= 0.6 is 0 Å². The fourth-order valence-corrected chi connectivity index (χ4v) is 8.09. The summed E-state index contributed by atoms with van der Waals surface area (Å²) < 4.78 is 28.1. The molecule has 0 radical (unpaired) electrons. The van der Waals surface area contributed by atoms with Crippen molar-refractivity contribution in [2.75, 3.05) is 55.2 Å². The van der Waals surface area contributed by atoms with Gasteiger partial charge in [-0.2, -0.15) is 0 Å². The maximum Gasteiger partial charge on any atom is 0.318 e. The number of ether oxygens (including phenoxy) is 5. The highest BCUT2D eigenvalue weighted by Crippen LogP contribution is 2.49. The molecule has 3 heterocycles. The monoisotopic (exact) mass is 643 g/mol. The van der Waals surface area contributed by atoms with Crippen molar-refractivity contribution in [3.05, 3.63) is 76.3 Å². The molecule has 9 nitrogen and oxygen atoms in total. The third kappa shape index (κ3) is 6.55. The molecule has 0 aliphatic carbocycles. The van der Waals surface area contributed by atoms with Gasteiger partial charge >= 0.3 is 6.03 Å². The Balaban J connectivity index is 1.31. The number of piperidine rings is 1.